The predicted molar refractivity (Wildman–Crippen MR) is 151 cm³/mol. The summed E-state index contributed by atoms with van der Waals surface area (Å²) in [5.74, 6) is -0.766. The predicted octanol–water partition coefficient (Wildman–Crippen LogP) is 7.32. The second-order valence-corrected chi connectivity index (χ2v) is 10.7. The fraction of sp³-hybridized carbons (Fsp3) is 0.273. The van der Waals surface area contributed by atoms with Gasteiger partial charge in [-0.15, -0.1) is 0 Å². The molecule has 1 atom stereocenters. The molecule has 1 unspecified atom stereocenters. The molecule has 2 aliphatic rings. The Bertz CT molecular complexity index is 1360. The van der Waals surface area contributed by atoms with Crippen molar-refractivity contribution in [2.75, 3.05) is 11.5 Å². The van der Waals surface area contributed by atoms with Crippen molar-refractivity contribution in [3.05, 3.63) is 113 Å². The summed E-state index contributed by atoms with van der Waals surface area (Å²) in [4.78, 5) is 28.9. The molecule has 5 nitrogen and oxygen atoms in total. The molecule has 0 saturated heterocycles. The van der Waals surface area contributed by atoms with Crippen LogP contribution in [0.3, 0.4) is 0 Å². The summed E-state index contributed by atoms with van der Waals surface area (Å²) in [6, 6.07) is 28.6. The fourth-order valence-electron chi connectivity index (χ4n) is 5.67. The molecule has 38 heavy (non-hydrogen) atoms. The first-order valence-corrected chi connectivity index (χ1v) is 13.2. The van der Waals surface area contributed by atoms with Crippen molar-refractivity contribution in [2.24, 2.45) is 5.41 Å². The number of para-hydroxylation sites is 2. The van der Waals surface area contributed by atoms with Crippen LogP contribution in [0.2, 0.25) is 0 Å². The van der Waals surface area contributed by atoms with Gasteiger partial charge in [0.15, 0.2) is 5.78 Å². The minimum atomic E-state index is -0.468. The van der Waals surface area contributed by atoms with Gasteiger partial charge in [-0.25, -0.2) is 4.79 Å². The van der Waals surface area contributed by atoms with Crippen molar-refractivity contribution in [3.63, 3.8) is 0 Å². The number of nitrogens with one attached hydrogen (secondary N) is 1. The van der Waals surface area contributed by atoms with Crippen molar-refractivity contribution in [1.29, 1.82) is 0 Å². The van der Waals surface area contributed by atoms with Gasteiger partial charge in [0.2, 0.25) is 0 Å². The van der Waals surface area contributed by atoms with Crippen LogP contribution in [0.4, 0.5) is 17.1 Å². The molecular formula is C33H34N2O3. The van der Waals surface area contributed by atoms with Crippen LogP contribution < -0.4 is 10.2 Å². The average Bonchev–Trinajstić information content (AvgIpc) is 2.89. The molecular weight excluding hydrogens is 472 g/mol. The van der Waals surface area contributed by atoms with Gasteiger partial charge in [0.05, 0.1) is 12.2 Å². The summed E-state index contributed by atoms with van der Waals surface area (Å²) in [6.45, 7) is 8.20. The van der Waals surface area contributed by atoms with E-state index in [2.05, 4.69) is 60.5 Å². The number of ether oxygens (including phenoxy) is 1. The number of allylic oxidation sites excluding steroid dienone is 3. The smallest absolute Gasteiger partial charge is 0.336 e. The summed E-state index contributed by atoms with van der Waals surface area (Å²) in [6.07, 6.45) is 1.21. The average molecular weight is 507 g/mol. The number of esters is 1. The molecule has 0 spiro atoms. The van der Waals surface area contributed by atoms with E-state index >= 15 is 0 Å². The molecule has 1 N–H and O–H groups in total. The number of hydrogen-bond acceptors (Lipinski definition) is 5. The Hall–Kier alpha value is -4.12. The van der Waals surface area contributed by atoms with Crippen LogP contribution in [-0.4, -0.2) is 18.4 Å². The van der Waals surface area contributed by atoms with Crippen molar-refractivity contribution >= 4 is 28.8 Å². The monoisotopic (exact) mass is 506 g/mol. The third kappa shape index (κ3) is 4.89. The minimum absolute atomic E-state index is 0.0855. The summed E-state index contributed by atoms with van der Waals surface area (Å²) in [5, 5.41) is 3.40. The van der Waals surface area contributed by atoms with E-state index in [0.29, 0.717) is 17.6 Å². The highest BCUT2D eigenvalue weighted by molar-refractivity contribution is 6.04. The molecule has 0 amide bonds. The van der Waals surface area contributed by atoms with Crippen molar-refractivity contribution in [1.82, 2.24) is 5.32 Å². The first-order valence-electron chi connectivity index (χ1n) is 13.2. The van der Waals surface area contributed by atoms with E-state index < -0.39 is 5.92 Å². The summed E-state index contributed by atoms with van der Waals surface area (Å²) in [5.41, 5.74) is 6.71. The first-order chi connectivity index (χ1) is 18.3. The molecule has 0 radical (unpaired) electrons. The molecule has 1 aliphatic heterocycles. The highest BCUT2D eigenvalue weighted by Gasteiger charge is 2.43. The largest absolute Gasteiger partial charge is 0.463 e. The van der Waals surface area contributed by atoms with E-state index in [-0.39, 0.29) is 23.8 Å². The lowest BCUT2D eigenvalue weighted by Gasteiger charge is -2.39. The summed E-state index contributed by atoms with van der Waals surface area (Å²) < 4.78 is 5.46. The number of Topliss-reactive ketones (excluding diaryl/α,β-unsaturated/α-hetero) is 1. The van der Waals surface area contributed by atoms with E-state index in [1.807, 2.05) is 55.5 Å². The highest BCUT2D eigenvalue weighted by Crippen LogP contribution is 2.47. The van der Waals surface area contributed by atoms with Gasteiger partial charge >= 0.3 is 5.97 Å². The van der Waals surface area contributed by atoms with Crippen LogP contribution >= 0.6 is 0 Å². The summed E-state index contributed by atoms with van der Waals surface area (Å²) >= 11 is 0. The van der Waals surface area contributed by atoms with Crippen LogP contribution in [0.5, 0.6) is 0 Å². The van der Waals surface area contributed by atoms with Gasteiger partial charge in [-0.3, -0.25) is 4.79 Å². The molecule has 1 aliphatic carbocycles. The lowest BCUT2D eigenvalue weighted by atomic mass is 9.68. The molecule has 0 saturated carbocycles. The molecule has 5 rings (SSSR count). The van der Waals surface area contributed by atoms with E-state index in [4.69, 9.17) is 4.74 Å². The van der Waals surface area contributed by atoms with Crippen molar-refractivity contribution in [3.8, 4) is 0 Å². The number of carbonyl (C=O) groups is 2. The van der Waals surface area contributed by atoms with Gasteiger partial charge in [0, 0.05) is 46.4 Å². The van der Waals surface area contributed by atoms with Crippen LogP contribution in [0.15, 0.2) is 107 Å². The number of dihydropyridines is 1. The Morgan fingerprint density at radius 3 is 2.00 bits per heavy atom. The maximum atomic E-state index is 13.5. The lowest BCUT2D eigenvalue weighted by molar-refractivity contribution is -0.138. The Labute approximate surface area is 224 Å². The van der Waals surface area contributed by atoms with Gasteiger partial charge < -0.3 is 15.0 Å². The number of nitrogens with zero attached hydrogens (tertiary/aromatic N) is 1. The zero-order valence-corrected chi connectivity index (χ0v) is 22.5. The topological polar surface area (TPSA) is 58.6 Å². The lowest BCUT2D eigenvalue weighted by Crippen LogP contribution is -2.38. The molecule has 1 heterocycles. The third-order valence-electron chi connectivity index (χ3n) is 7.25. The molecule has 0 bridgehead atoms. The number of rotatable bonds is 6. The van der Waals surface area contributed by atoms with Crippen LogP contribution in [-0.2, 0) is 14.3 Å². The Morgan fingerprint density at radius 2 is 1.45 bits per heavy atom. The third-order valence-corrected chi connectivity index (χ3v) is 7.25. The quantitative estimate of drug-likeness (QED) is 0.355. The van der Waals surface area contributed by atoms with Crippen LogP contribution in [0, 0.1) is 5.41 Å². The number of ketones is 1. The van der Waals surface area contributed by atoms with Gasteiger partial charge in [-0.1, -0.05) is 62.4 Å². The van der Waals surface area contributed by atoms with Gasteiger partial charge in [-0.05, 0) is 67.6 Å². The minimum Gasteiger partial charge on any atom is -0.463 e. The van der Waals surface area contributed by atoms with Crippen molar-refractivity contribution in [2.45, 2.75) is 46.5 Å². The number of benzene rings is 3. The zero-order chi connectivity index (χ0) is 26.9. The van der Waals surface area contributed by atoms with E-state index in [0.717, 1.165) is 40.4 Å². The first kappa shape index (κ1) is 25.5. The standard InChI is InChI=1S/C33H34N2O3/c1-5-38-32(37)29-22(2)34-27-20-33(3,4)21-28(36)31(27)30(29)23-16-18-26(19-17-23)35(24-12-8-6-9-13-24)25-14-10-7-11-15-25/h6-19,30,34H,5,20-21H2,1-4H3. The highest BCUT2D eigenvalue weighted by atomic mass is 16.5. The normalized spacial score (nSPS) is 18.5. The SMILES string of the molecule is CCOC(=O)C1=C(C)NC2=C(C(=O)CC(C)(C)C2)C1c1ccc(N(c2ccccc2)c2ccccc2)cc1. The molecule has 0 aromatic heterocycles. The number of hydrogen-bond donors (Lipinski definition) is 1. The van der Waals surface area contributed by atoms with E-state index in [9.17, 15) is 9.59 Å². The Balaban J connectivity index is 1.60. The van der Waals surface area contributed by atoms with Gasteiger partial charge in [0.1, 0.15) is 0 Å². The van der Waals surface area contributed by atoms with Gasteiger partial charge in [0.25, 0.3) is 0 Å². The molecule has 194 valence electrons. The second-order valence-electron chi connectivity index (χ2n) is 10.7. The molecule has 5 heteroatoms. The summed E-state index contributed by atoms with van der Waals surface area (Å²) in [7, 11) is 0. The van der Waals surface area contributed by atoms with Gasteiger partial charge in [-0.2, -0.15) is 0 Å². The van der Waals surface area contributed by atoms with E-state index in [1.54, 1.807) is 6.92 Å². The maximum Gasteiger partial charge on any atom is 0.336 e. The zero-order valence-electron chi connectivity index (χ0n) is 22.5. The molecule has 0 fully saturated rings. The fourth-order valence-corrected chi connectivity index (χ4v) is 5.67. The van der Waals surface area contributed by atoms with E-state index in [1.165, 1.54) is 0 Å². The molecule has 3 aromatic rings. The molecule has 3 aromatic carbocycles. The Kier molecular flexibility index (Phi) is 6.94. The van der Waals surface area contributed by atoms with Crippen LogP contribution in [0.25, 0.3) is 0 Å². The number of anilines is 3. The van der Waals surface area contributed by atoms with Crippen LogP contribution in [0.1, 0.15) is 52.0 Å². The second kappa shape index (κ2) is 10.3. The van der Waals surface area contributed by atoms with Crippen molar-refractivity contribution < 1.29 is 14.3 Å². The Morgan fingerprint density at radius 1 is 0.895 bits per heavy atom. The maximum absolute atomic E-state index is 13.5. The number of carbonyl (C=O) groups excluding carboxylic acids is 2.